The van der Waals surface area contributed by atoms with Gasteiger partial charge in [0.25, 0.3) is 0 Å². The van der Waals surface area contributed by atoms with E-state index in [4.69, 9.17) is 0 Å². The van der Waals surface area contributed by atoms with Crippen molar-refractivity contribution in [3.8, 4) is 0 Å². The van der Waals surface area contributed by atoms with Gasteiger partial charge in [-0.3, -0.25) is 4.79 Å². The minimum atomic E-state index is 0.185. The normalized spacial score (nSPS) is 16.6. The number of hydrogen-bond donors (Lipinski definition) is 1. The number of likely N-dealkylation sites (N-methyl/N-ethyl adjacent to an activating group) is 1. The van der Waals surface area contributed by atoms with Gasteiger partial charge in [-0.05, 0) is 37.9 Å². The van der Waals surface area contributed by atoms with E-state index in [1.807, 2.05) is 30.6 Å². The van der Waals surface area contributed by atoms with E-state index in [1.165, 1.54) is 5.57 Å². The minimum Gasteiger partial charge on any atom is -0.339 e. The highest BCUT2D eigenvalue weighted by Gasteiger charge is 2.21. The van der Waals surface area contributed by atoms with Gasteiger partial charge in [0, 0.05) is 31.8 Å². The second-order valence-electron chi connectivity index (χ2n) is 4.38. The molecule has 0 aromatic carbocycles. The van der Waals surface area contributed by atoms with Crippen molar-refractivity contribution < 1.29 is 4.79 Å². The number of hydrogen-bond acceptors (Lipinski definition) is 3. The van der Waals surface area contributed by atoms with Crippen LogP contribution < -0.4 is 5.32 Å². The highest BCUT2D eigenvalue weighted by molar-refractivity contribution is 7.98. The SMILES string of the molecule is CSCCC(C)N(C)C(=O)C(C)=C1CNC1. The van der Waals surface area contributed by atoms with Crippen LogP contribution in [0.25, 0.3) is 0 Å². The summed E-state index contributed by atoms with van der Waals surface area (Å²) in [6, 6.07) is 0.323. The molecule has 0 aromatic heterocycles. The van der Waals surface area contributed by atoms with E-state index in [0.29, 0.717) is 6.04 Å². The summed E-state index contributed by atoms with van der Waals surface area (Å²) in [5, 5.41) is 3.17. The highest BCUT2D eigenvalue weighted by atomic mass is 32.2. The monoisotopic (exact) mass is 242 g/mol. The smallest absolute Gasteiger partial charge is 0.249 e. The van der Waals surface area contributed by atoms with Crippen molar-refractivity contribution in [1.82, 2.24) is 10.2 Å². The molecule has 3 nitrogen and oxygen atoms in total. The van der Waals surface area contributed by atoms with Gasteiger partial charge in [0.05, 0.1) is 0 Å². The van der Waals surface area contributed by atoms with Crippen LogP contribution in [-0.2, 0) is 4.79 Å². The summed E-state index contributed by atoms with van der Waals surface area (Å²) in [7, 11) is 1.91. The largest absolute Gasteiger partial charge is 0.339 e. The van der Waals surface area contributed by atoms with E-state index < -0.39 is 0 Å². The summed E-state index contributed by atoms with van der Waals surface area (Å²) in [6.07, 6.45) is 3.16. The lowest BCUT2D eigenvalue weighted by atomic mass is 10.0. The summed E-state index contributed by atoms with van der Waals surface area (Å²) < 4.78 is 0. The predicted octanol–water partition coefficient (Wildman–Crippen LogP) is 1.51. The van der Waals surface area contributed by atoms with Crippen LogP contribution in [0.1, 0.15) is 20.3 Å². The van der Waals surface area contributed by atoms with Gasteiger partial charge in [-0.25, -0.2) is 0 Å². The highest BCUT2D eigenvalue weighted by Crippen LogP contribution is 2.14. The van der Waals surface area contributed by atoms with Crippen LogP contribution in [0, 0.1) is 0 Å². The molecule has 0 aromatic rings. The van der Waals surface area contributed by atoms with Crippen LogP contribution >= 0.6 is 11.8 Å². The fourth-order valence-electron chi connectivity index (χ4n) is 1.61. The van der Waals surface area contributed by atoms with E-state index in [9.17, 15) is 4.79 Å². The summed E-state index contributed by atoms with van der Waals surface area (Å²) in [5.74, 6) is 1.29. The first-order chi connectivity index (χ1) is 7.57. The molecule has 1 heterocycles. The van der Waals surface area contributed by atoms with Gasteiger partial charge in [-0.1, -0.05) is 0 Å². The molecule has 1 fully saturated rings. The first kappa shape index (κ1) is 13.6. The molecule has 1 saturated heterocycles. The van der Waals surface area contributed by atoms with E-state index in [-0.39, 0.29) is 5.91 Å². The zero-order valence-corrected chi connectivity index (χ0v) is 11.5. The lowest BCUT2D eigenvalue weighted by Gasteiger charge is -2.28. The standard InChI is InChI=1S/C12H22N2OS/c1-9(5-6-16-4)14(3)12(15)10(2)11-7-13-8-11/h9,13H,5-8H2,1-4H3. The van der Waals surface area contributed by atoms with Gasteiger partial charge in [-0.15, -0.1) is 0 Å². The zero-order valence-electron chi connectivity index (χ0n) is 10.7. The Hall–Kier alpha value is -0.480. The molecular weight excluding hydrogens is 220 g/mol. The Balaban J connectivity index is 2.52. The van der Waals surface area contributed by atoms with Crippen LogP contribution in [0.3, 0.4) is 0 Å². The van der Waals surface area contributed by atoms with Crippen molar-refractivity contribution in [3.63, 3.8) is 0 Å². The van der Waals surface area contributed by atoms with Crippen LogP contribution in [-0.4, -0.2) is 49.0 Å². The molecule has 0 saturated carbocycles. The minimum absolute atomic E-state index is 0.185. The second-order valence-corrected chi connectivity index (χ2v) is 5.36. The van der Waals surface area contributed by atoms with Gasteiger partial charge in [0.15, 0.2) is 0 Å². The number of carbonyl (C=O) groups excluding carboxylic acids is 1. The third-order valence-corrected chi connectivity index (χ3v) is 3.89. The van der Waals surface area contributed by atoms with E-state index >= 15 is 0 Å². The number of nitrogens with zero attached hydrogens (tertiary/aromatic N) is 1. The Kier molecular flexibility index (Phi) is 5.35. The van der Waals surface area contributed by atoms with Crippen molar-refractivity contribution in [2.75, 3.05) is 32.1 Å². The average molecular weight is 242 g/mol. The van der Waals surface area contributed by atoms with Gasteiger partial charge in [0.2, 0.25) is 5.91 Å². The van der Waals surface area contributed by atoms with E-state index in [2.05, 4.69) is 18.5 Å². The predicted molar refractivity (Wildman–Crippen MR) is 70.8 cm³/mol. The maximum absolute atomic E-state index is 12.1. The Morgan fingerprint density at radius 2 is 2.19 bits per heavy atom. The van der Waals surface area contributed by atoms with Crippen LogP contribution in [0.2, 0.25) is 0 Å². The molecule has 1 N–H and O–H groups in total. The lowest BCUT2D eigenvalue weighted by Crippen LogP contribution is -2.40. The van der Waals surface area contributed by atoms with Crippen LogP contribution in [0.4, 0.5) is 0 Å². The van der Waals surface area contributed by atoms with Crippen molar-refractivity contribution in [2.24, 2.45) is 0 Å². The Bertz CT molecular complexity index is 283. The lowest BCUT2D eigenvalue weighted by molar-refractivity contribution is -0.127. The molecule has 4 heteroatoms. The molecule has 1 unspecified atom stereocenters. The molecule has 0 spiro atoms. The summed E-state index contributed by atoms with van der Waals surface area (Å²) >= 11 is 1.83. The molecule has 0 aliphatic carbocycles. The zero-order chi connectivity index (χ0) is 12.1. The number of rotatable bonds is 5. The number of amides is 1. The second kappa shape index (κ2) is 6.30. The molecule has 1 amide bonds. The van der Waals surface area contributed by atoms with Crippen LogP contribution in [0.15, 0.2) is 11.1 Å². The van der Waals surface area contributed by atoms with Crippen LogP contribution in [0.5, 0.6) is 0 Å². The summed E-state index contributed by atoms with van der Waals surface area (Å²) in [4.78, 5) is 14.0. The molecule has 1 rings (SSSR count). The van der Waals surface area contributed by atoms with Crippen molar-refractivity contribution in [3.05, 3.63) is 11.1 Å². The van der Waals surface area contributed by atoms with E-state index in [0.717, 1.165) is 30.8 Å². The maximum Gasteiger partial charge on any atom is 0.249 e. The van der Waals surface area contributed by atoms with Crippen molar-refractivity contribution >= 4 is 17.7 Å². The molecule has 0 radical (unpaired) electrons. The topological polar surface area (TPSA) is 32.3 Å². The van der Waals surface area contributed by atoms with Crippen molar-refractivity contribution in [1.29, 1.82) is 0 Å². The van der Waals surface area contributed by atoms with E-state index in [1.54, 1.807) is 0 Å². The average Bonchev–Trinajstić information content (AvgIpc) is 2.21. The van der Waals surface area contributed by atoms with Crippen molar-refractivity contribution in [2.45, 2.75) is 26.3 Å². The first-order valence-corrected chi connectivity index (χ1v) is 7.12. The summed E-state index contributed by atoms with van der Waals surface area (Å²) in [5.41, 5.74) is 2.19. The van der Waals surface area contributed by atoms with Gasteiger partial charge in [0.1, 0.15) is 0 Å². The molecule has 1 atom stereocenters. The third-order valence-electron chi connectivity index (χ3n) is 3.25. The number of carbonyl (C=O) groups is 1. The maximum atomic E-state index is 12.1. The molecule has 16 heavy (non-hydrogen) atoms. The molecule has 92 valence electrons. The summed E-state index contributed by atoms with van der Waals surface area (Å²) in [6.45, 7) is 5.82. The number of thioether (sulfide) groups is 1. The Morgan fingerprint density at radius 3 is 2.62 bits per heavy atom. The fourth-order valence-corrected chi connectivity index (χ4v) is 2.19. The molecular formula is C12H22N2OS. The first-order valence-electron chi connectivity index (χ1n) is 5.73. The molecule has 0 bridgehead atoms. The van der Waals surface area contributed by atoms with Gasteiger partial charge >= 0.3 is 0 Å². The number of nitrogens with one attached hydrogen (secondary N) is 1. The molecule has 1 aliphatic heterocycles. The Morgan fingerprint density at radius 1 is 1.56 bits per heavy atom. The van der Waals surface area contributed by atoms with Gasteiger partial charge < -0.3 is 10.2 Å². The quantitative estimate of drug-likeness (QED) is 0.742. The Labute approximate surface area is 103 Å². The molecule has 1 aliphatic rings. The third kappa shape index (κ3) is 3.25. The fraction of sp³-hybridized carbons (Fsp3) is 0.750. The van der Waals surface area contributed by atoms with Gasteiger partial charge in [-0.2, -0.15) is 11.8 Å².